The van der Waals surface area contributed by atoms with Crippen molar-refractivity contribution in [2.75, 3.05) is 0 Å². The van der Waals surface area contributed by atoms with Gasteiger partial charge in [-0.15, -0.1) is 0 Å². The van der Waals surface area contributed by atoms with Gasteiger partial charge in [-0.3, -0.25) is 9.78 Å². The molecule has 0 aliphatic carbocycles. The highest BCUT2D eigenvalue weighted by Gasteiger charge is 2.12. The van der Waals surface area contributed by atoms with Gasteiger partial charge >= 0.3 is 0 Å². The summed E-state index contributed by atoms with van der Waals surface area (Å²) in [6.07, 6.45) is 6.89. The number of benzene rings is 1. The second-order valence-electron chi connectivity index (χ2n) is 4.73. The van der Waals surface area contributed by atoms with Crippen molar-refractivity contribution in [1.82, 2.24) is 4.98 Å². The lowest BCUT2D eigenvalue weighted by atomic mass is 10.0. The first-order chi connectivity index (χ1) is 10.2. The average molecular weight is 276 g/mol. The molecule has 0 atom stereocenters. The minimum absolute atomic E-state index is 0.117. The third-order valence-electron chi connectivity index (χ3n) is 3.12. The van der Waals surface area contributed by atoms with Crippen molar-refractivity contribution < 1.29 is 4.79 Å². The fraction of sp³-hybridized carbons (Fsp3) is 0.167. The van der Waals surface area contributed by atoms with Crippen LogP contribution in [0, 0.1) is 11.3 Å². The fourth-order valence-electron chi connectivity index (χ4n) is 2.04. The highest BCUT2D eigenvalue weighted by Crippen LogP contribution is 2.13. The predicted molar refractivity (Wildman–Crippen MR) is 82.6 cm³/mol. The van der Waals surface area contributed by atoms with Crippen LogP contribution in [0.4, 0.5) is 0 Å². The largest absolute Gasteiger partial charge is 0.288 e. The molecule has 0 fully saturated rings. The molecule has 3 heteroatoms. The molecule has 0 saturated heterocycles. The molecule has 0 saturated carbocycles. The Kier molecular flexibility index (Phi) is 5.00. The van der Waals surface area contributed by atoms with Crippen LogP contribution in [-0.2, 0) is 6.42 Å². The quantitative estimate of drug-likeness (QED) is 0.474. The van der Waals surface area contributed by atoms with E-state index in [1.165, 1.54) is 5.56 Å². The highest BCUT2D eigenvalue weighted by molar-refractivity contribution is 6.14. The van der Waals surface area contributed by atoms with Gasteiger partial charge in [-0.25, -0.2) is 0 Å². The van der Waals surface area contributed by atoms with E-state index in [0.717, 1.165) is 18.4 Å². The van der Waals surface area contributed by atoms with Gasteiger partial charge in [-0.1, -0.05) is 43.7 Å². The van der Waals surface area contributed by atoms with Crippen LogP contribution in [0.25, 0.3) is 6.08 Å². The monoisotopic (exact) mass is 276 g/mol. The van der Waals surface area contributed by atoms with E-state index in [4.69, 9.17) is 0 Å². The number of hydrogen-bond donors (Lipinski definition) is 0. The Hall–Kier alpha value is -2.73. The van der Waals surface area contributed by atoms with E-state index in [1.54, 1.807) is 36.7 Å². The molecule has 0 N–H and O–H groups in total. The third kappa shape index (κ3) is 3.87. The average Bonchev–Trinajstić information content (AvgIpc) is 2.54. The zero-order valence-corrected chi connectivity index (χ0v) is 11.9. The van der Waals surface area contributed by atoms with Gasteiger partial charge in [0.05, 0.1) is 0 Å². The summed E-state index contributed by atoms with van der Waals surface area (Å²) in [6.45, 7) is 2.11. The summed E-state index contributed by atoms with van der Waals surface area (Å²) in [5.74, 6) is -0.260. The van der Waals surface area contributed by atoms with Gasteiger partial charge in [0, 0.05) is 18.0 Å². The summed E-state index contributed by atoms with van der Waals surface area (Å²) in [6, 6.07) is 13.0. The molecule has 0 aliphatic rings. The molecular formula is C18H16N2O. The molecular weight excluding hydrogens is 260 g/mol. The van der Waals surface area contributed by atoms with Crippen LogP contribution < -0.4 is 0 Å². The fourth-order valence-corrected chi connectivity index (χ4v) is 2.04. The van der Waals surface area contributed by atoms with Crippen molar-refractivity contribution in [3.8, 4) is 6.07 Å². The molecule has 1 aromatic heterocycles. The number of aryl methyl sites for hydroxylation is 1. The van der Waals surface area contributed by atoms with Crippen molar-refractivity contribution >= 4 is 11.9 Å². The van der Waals surface area contributed by atoms with Gasteiger partial charge in [0.2, 0.25) is 5.78 Å². The lowest BCUT2D eigenvalue weighted by molar-refractivity contribution is 0.104. The number of rotatable bonds is 5. The Bertz CT molecular complexity index is 679. The molecule has 2 aromatic rings. The minimum Gasteiger partial charge on any atom is -0.288 e. The van der Waals surface area contributed by atoms with Gasteiger partial charge in [-0.2, -0.15) is 5.26 Å². The number of ketones is 1. The van der Waals surface area contributed by atoms with Crippen LogP contribution in [0.5, 0.6) is 0 Å². The number of allylic oxidation sites excluding steroid dienone is 1. The van der Waals surface area contributed by atoms with Crippen LogP contribution in [0.3, 0.4) is 0 Å². The van der Waals surface area contributed by atoms with Crippen molar-refractivity contribution in [3.63, 3.8) is 0 Å². The summed E-state index contributed by atoms with van der Waals surface area (Å²) < 4.78 is 0. The number of Topliss-reactive ketones (excluding diaryl/α,β-unsaturated/α-hetero) is 1. The molecule has 0 radical (unpaired) electrons. The summed E-state index contributed by atoms with van der Waals surface area (Å²) in [7, 11) is 0. The molecule has 1 heterocycles. The standard InChI is InChI=1S/C18H16N2O/c1-2-4-14-6-8-16(9-7-14)18(21)17(12-19)11-15-5-3-10-20-13-15/h3,5-11,13H,2,4H2,1H3/b17-11+. The summed E-state index contributed by atoms with van der Waals surface area (Å²) in [4.78, 5) is 16.3. The number of hydrogen-bond acceptors (Lipinski definition) is 3. The van der Waals surface area contributed by atoms with E-state index in [0.29, 0.717) is 5.56 Å². The van der Waals surface area contributed by atoms with Crippen LogP contribution in [-0.4, -0.2) is 10.8 Å². The van der Waals surface area contributed by atoms with Crippen LogP contribution in [0.15, 0.2) is 54.4 Å². The van der Waals surface area contributed by atoms with E-state index in [1.807, 2.05) is 24.3 Å². The SMILES string of the molecule is CCCc1ccc(C(=O)/C(C#N)=C/c2cccnc2)cc1. The van der Waals surface area contributed by atoms with E-state index >= 15 is 0 Å². The third-order valence-corrected chi connectivity index (χ3v) is 3.12. The van der Waals surface area contributed by atoms with Crippen LogP contribution >= 0.6 is 0 Å². The predicted octanol–water partition coefficient (Wildman–Crippen LogP) is 3.82. The lowest BCUT2D eigenvalue weighted by Gasteiger charge is -2.02. The lowest BCUT2D eigenvalue weighted by Crippen LogP contribution is -2.02. The van der Waals surface area contributed by atoms with Crippen LogP contribution in [0.2, 0.25) is 0 Å². The van der Waals surface area contributed by atoms with E-state index < -0.39 is 0 Å². The first-order valence-corrected chi connectivity index (χ1v) is 6.90. The molecule has 104 valence electrons. The molecule has 1 aromatic carbocycles. The number of nitriles is 1. The van der Waals surface area contributed by atoms with Crippen molar-refractivity contribution in [2.45, 2.75) is 19.8 Å². The zero-order chi connectivity index (χ0) is 15.1. The number of carbonyl (C=O) groups excluding carboxylic acids is 1. The first kappa shape index (κ1) is 14.7. The minimum atomic E-state index is -0.260. The molecule has 0 spiro atoms. The molecule has 0 unspecified atom stereocenters. The number of pyridine rings is 1. The van der Waals surface area contributed by atoms with Crippen molar-refractivity contribution in [2.24, 2.45) is 0 Å². The molecule has 0 bridgehead atoms. The molecule has 21 heavy (non-hydrogen) atoms. The molecule has 0 aliphatic heterocycles. The molecule has 0 amide bonds. The van der Waals surface area contributed by atoms with Crippen molar-refractivity contribution in [3.05, 3.63) is 71.1 Å². The van der Waals surface area contributed by atoms with Gasteiger partial charge < -0.3 is 0 Å². The Morgan fingerprint density at radius 3 is 2.62 bits per heavy atom. The molecule has 2 rings (SSSR count). The summed E-state index contributed by atoms with van der Waals surface area (Å²) >= 11 is 0. The maximum absolute atomic E-state index is 12.3. The van der Waals surface area contributed by atoms with Gasteiger partial charge in [0.25, 0.3) is 0 Å². The maximum Gasteiger partial charge on any atom is 0.203 e. The normalized spacial score (nSPS) is 11.0. The maximum atomic E-state index is 12.3. The van der Waals surface area contributed by atoms with E-state index in [2.05, 4.69) is 11.9 Å². The topological polar surface area (TPSA) is 53.8 Å². The zero-order valence-electron chi connectivity index (χ0n) is 11.9. The Balaban J connectivity index is 2.25. The smallest absolute Gasteiger partial charge is 0.203 e. The molecule has 3 nitrogen and oxygen atoms in total. The van der Waals surface area contributed by atoms with Crippen LogP contribution in [0.1, 0.15) is 34.8 Å². The second kappa shape index (κ2) is 7.16. The Morgan fingerprint density at radius 2 is 2.05 bits per heavy atom. The highest BCUT2D eigenvalue weighted by atomic mass is 16.1. The Morgan fingerprint density at radius 1 is 1.29 bits per heavy atom. The summed E-state index contributed by atoms with van der Waals surface area (Å²) in [5.41, 5.74) is 2.59. The van der Waals surface area contributed by atoms with E-state index in [9.17, 15) is 10.1 Å². The van der Waals surface area contributed by atoms with Gasteiger partial charge in [0.1, 0.15) is 11.6 Å². The number of aromatic nitrogens is 1. The van der Waals surface area contributed by atoms with Crippen molar-refractivity contribution in [1.29, 1.82) is 5.26 Å². The van der Waals surface area contributed by atoms with Gasteiger partial charge in [0.15, 0.2) is 0 Å². The first-order valence-electron chi connectivity index (χ1n) is 6.90. The summed E-state index contributed by atoms with van der Waals surface area (Å²) in [5, 5.41) is 9.20. The Labute approximate surface area is 124 Å². The van der Waals surface area contributed by atoms with Gasteiger partial charge in [-0.05, 0) is 29.7 Å². The number of nitrogens with zero attached hydrogens (tertiary/aromatic N) is 2. The number of carbonyl (C=O) groups is 1. The second-order valence-corrected chi connectivity index (χ2v) is 4.73. The van der Waals surface area contributed by atoms with E-state index in [-0.39, 0.29) is 11.4 Å².